The molecule has 0 fully saturated rings. The first-order chi connectivity index (χ1) is 8.58. The van der Waals surface area contributed by atoms with Crippen LogP contribution in [0.3, 0.4) is 0 Å². The predicted molar refractivity (Wildman–Crippen MR) is 71.4 cm³/mol. The summed E-state index contributed by atoms with van der Waals surface area (Å²) in [4.78, 5) is 1.99. The highest BCUT2D eigenvalue weighted by molar-refractivity contribution is 5.60. The molecule has 18 heavy (non-hydrogen) atoms. The number of rotatable bonds is 6. The number of benzene rings is 1. The average molecular weight is 248 g/mol. The molecule has 1 aromatic rings. The van der Waals surface area contributed by atoms with Crippen molar-refractivity contribution in [2.24, 2.45) is 0 Å². The molecule has 0 bridgehead atoms. The minimum absolute atomic E-state index is 0.0465. The van der Waals surface area contributed by atoms with Crippen molar-refractivity contribution in [2.75, 3.05) is 25.1 Å². The summed E-state index contributed by atoms with van der Waals surface area (Å²) in [6.45, 7) is 5.30. The zero-order valence-electron chi connectivity index (χ0n) is 11.2. The van der Waals surface area contributed by atoms with Crippen molar-refractivity contribution in [3.05, 3.63) is 29.3 Å². The zero-order chi connectivity index (χ0) is 13.5. The molecule has 0 aromatic heterocycles. The molecule has 0 heterocycles. The third-order valence-corrected chi connectivity index (χ3v) is 2.65. The van der Waals surface area contributed by atoms with E-state index in [9.17, 15) is 0 Å². The summed E-state index contributed by atoms with van der Waals surface area (Å²) in [7, 11) is 1.93. The Kier molecular flexibility index (Phi) is 5.63. The minimum Gasteiger partial charge on any atom is -0.392 e. The van der Waals surface area contributed by atoms with Gasteiger partial charge in [0.2, 0.25) is 0 Å². The van der Waals surface area contributed by atoms with Gasteiger partial charge in [-0.3, -0.25) is 0 Å². The summed E-state index contributed by atoms with van der Waals surface area (Å²) in [5, 5.41) is 18.2. The van der Waals surface area contributed by atoms with Gasteiger partial charge in [-0.15, -0.1) is 0 Å². The van der Waals surface area contributed by atoms with Crippen LogP contribution in [0.25, 0.3) is 0 Å². The summed E-state index contributed by atoms with van der Waals surface area (Å²) in [5.74, 6) is 0. The maximum atomic E-state index is 9.11. The molecule has 4 nitrogen and oxygen atoms in total. The molecule has 0 aliphatic heterocycles. The van der Waals surface area contributed by atoms with Gasteiger partial charge >= 0.3 is 0 Å². The van der Waals surface area contributed by atoms with Crippen LogP contribution in [0.2, 0.25) is 0 Å². The van der Waals surface area contributed by atoms with E-state index in [1.165, 1.54) is 0 Å². The first kappa shape index (κ1) is 14.5. The number of aliphatic hydroxyl groups excluding tert-OH is 1. The second-order valence-corrected chi connectivity index (χ2v) is 4.46. The fraction of sp³-hybridized carbons (Fsp3) is 0.500. The van der Waals surface area contributed by atoms with Crippen LogP contribution in [0, 0.1) is 11.3 Å². The van der Waals surface area contributed by atoms with Crippen LogP contribution >= 0.6 is 0 Å². The molecule has 0 atom stereocenters. The highest BCUT2D eigenvalue weighted by atomic mass is 16.5. The fourth-order valence-electron chi connectivity index (χ4n) is 1.65. The lowest BCUT2D eigenvalue weighted by atomic mass is 10.1. The number of likely N-dealkylation sites (N-methyl/N-ethyl adjacent to an activating group) is 1. The van der Waals surface area contributed by atoms with Crippen LogP contribution in [-0.2, 0) is 11.3 Å². The summed E-state index contributed by atoms with van der Waals surface area (Å²) in [6, 6.07) is 7.56. The lowest BCUT2D eigenvalue weighted by Gasteiger charge is -2.21. The Morgan fingerprint density at radius 3 is 2.72 bits per heavy atom. The molecule has 0 aliphatic carbocycles. The lowest BCUT2D eigenvalue weighted by molar-refractivity contribution is 0.0846. The molecule has 1 rings (SSSR count). The molecule has 0 saturated heterocycles. The predicted octanol–water partition coefficient (Wildman–Crippen LogP) is 1.91. The van der Waals surface area contributed by atoms with E-state index < -0.39 is 0 Å². The van der Waals surface area contributed by atoms with Crippen molar-refractivity contribution in [1.29, 1.82) is 5.26 Å². The van der Waals surface area contributed by atoms with E-state index in [2.05, 4.69) is 6.07 Å². The third kappa shape index (κ3) is 4.02. The van der Waals surface area contributed by atoms with Crippen molar-refractivity contribution in [2.45, 2.75) is 26.6 Å². The Hall–Kier alpha value is -1.57. The summed E-state index contributed by atoms with van der Waals surface area (Å²) < 4.78 is 5.49. The monoisotopic (exact) mass is 248 g/mol. The van der Waals surface area contributed by atoms with Crippen LogP contribution in [0.4, 0.5) is 5.69 Å². The van der Waals surface area contributed by atoms with Gasteiger partial charge in [0.25, 0.3) is 0 Å². The molecule has 0 radical (unpaired) electrons. The SMILES string of the molecule is CC(C)OCCN(C)c1ccc(CO)cc1C#N. The fourth-order valence-corrected chi connectivity index (χ4v) is 1.65. The lowest BCUT2D eigenvalue weighted by Crippen LogP contribution is -2.24. The van der Waals surface area contributed by atoms with E-state index in [4.69, 9.17) is 15.1 Å². The molecule has 0 unspecified atom stereocenters. The van der Waals surface area contributed by atoms with Crippen LogP contribution in [0.15, 0.2) is 18.2 Å². The van der Waals surface area contributed by atoms with E-state index in [1.807, 2.05) is 37.9 Å². The van der Waals surface area contributed by atoms with E-state index in [1.54, 1.807) is 6.07 Å². The number of hydrogen-bond acceptors (Lipinski definition) is 4. The van der Waals surface area contributed by atoms with Gasteiger partial charge in [0, 0.05) is 13.6 Å². The molecular weight excluding hydrogens is 228 g/mol. The van der Waals surface area contributed by atoms with Gasteiger partial charge in [-0.25, -0.2) is 0 Å². The van der Waals surface area contributed by atoms with Crippen LogP contribution in [-0.4, -0.2) is 31.4 Å². The minimum atomic E-state index is -0.0465. The Bertz CT molecular complexity index is 424. The Morgan fingerprint density at radius 2 is 2.17 bits per heavy atom. The summed E-state index contributed by atoms with van der Waals surface area (Å²) in [5.41, 5.74) is 2.19. The zero-order valence-corrected chi connectivity index (χ0v) is 11.2. The topological polar surface area (TPSA) is 56.5 Å². The number of aliphatic hydroxyl groups is 1. The molecule has 1 aromatic carbocycles. The van der Waals surface area contributed by atoms with E-state index in [0.717, 1.165) is 17.8 Å². The van der Waals surface area contributed by atoms with Gasteiger partial charge in [0.1, 0.15) is 6.07 Å². The maximum Gasteiger partial charge on any atom is 0.101 e. The quantitative estimate of drug-likeness (QED) is 0.835. The van der Waals surface area contributed by atoms with Gasteiger partial charge in [-0.2, -0.15) is 5.26 Å². The van der Waals surface area contributed by atoms with Crippen molar-refractivity contribution >= 4 is 5.69 Å². The molecule has 0 spiro atoms. The summed E-state index contributed by atoms with van der Waals surface area (Å²) in [6.07, 6.45) is 0.214. The smallest absolute Gasteiger partial charge is 0.101 e. The number of anilines is 1. The molecule has 98 valence electrons. The third-order valence-electron chi connectivity index (χ3n) is 2.65. The highest BCUT2D eigenvalue weighted by Crippen LogP contribution is 2.20. The van der Waals surface area contributed by atoms with Gasteiger partial charge in [-0.05, 0) is 31.5 Å². The van der Waals surface area contributed by atoms with Crippen LogP contribution in [0.1, 0.15) is 25.0 Å². The second-order valence-electron chi connectivity index (χ2n) is 4.46. The van der Waals surface area contributed by atoms with Crippen molar-refractivity contribution in [3.63, 3.8) is 0 Å². The molecule has 0 amide bonds. The van der Waals surface area contributed by atoms with E-state index in [0.29, 0.717) is 12.2 Å². The molecule has 0 saturated carbocycles. The highest BCUT2D eigenvalue weighted by Gasteiger charge is 2.08. The Morgan fingerprint density at radius 1 is 1.44 bits per heavy atom. The van der Waals surface area contributed by atoms with Gasteiger partial charge < -0.3 is 14.7 Å². The number of nitriles is 1. The van der Waals surface area contributed by atoms with Crippen molar-refractivity contribution in [3.8, 4) is 6.07 Å². The normalized spacial score (nSPS) is 10.4. The van der Waals surface area contributed by atoms with E-state index >= 15 is 0 Å². The van der Waals surface area contributed by atoms with Gasteiger partial charge in [0.05, 0.1) is 30.6 Å². The van der Waals surface area contributed by atoms with Crippen molar-refractivity contribution in [1.82, 2.24) is 0 Å². The standard InChI is InChI=1S/C14H20N2O2/c1-11(2)18-7-6-16(3)14-5-4-12(10-17)8-13(14)9-15/h4-5,8,11,17H,6-7,10H2,1-3H3. The Balaban J connectivity index is 2.73. The molecule has 4 heteroatoms. The van der Waals surface area contributed by atoms with Gasteiger partial charge in [0.15, 0.2) is 0 Å². The largest absolute Gasteiger partial charge is 0.392 e. The average Bonchev–Trinajstić information content (AvgIpc) is 2.37. The van der Waals surface area contributed by atoms with Crippen LogP contribution < -0.4 is 4.90 Å². The number of ether oxygens (including phenoxy) is 1. The van der Waals surface area contributed by atoms with E-state index in [-0.39, 0.29) is 12.7 Å². The first-order valence-electron chi connectivity index (χ1n) is 6.05. The summed E-state index contributed by atoms with van der Waals surface area (Å²) >= 11 is 0. The molecular formula is C14H20N2O2. The Labute approximate surface area is 108 Å². The second kappa shape index (κ2) is 7.00. The molecule has 1 N–H and O–H groups in total. The van der Waals surface area contributed by atoms with Crippen molar-refractivity contribution < 1.29 is 9.84 Å². The first-order valence-corrected chi connectivity index (χ1v) is 6.05. The maximum absolute atomic E-state index is 9.11. The number of nitrogens with zero attached hydrogens (tertiary/aromatic N) is 2. The van der Waals surface area contributed by atoms with Gasteiger partial charge in [-0.1, -0.05) is 6.07 Å². The van der Waals surface area contributed by atoms with Crippen LogP contribution in [0.5, 0.6) is 0 Å². The molecule has 0 aliphatic rings. The number of hydrogen-bond donors (Lipinski definition) is 1.